The van der Waals surface area contributed by atoms with Crippen LogP contribution >= 0.6 is 0 Å². The second kappa shape index (κ2) is 7.16. The molecular weight excluding hydrogens is 326 g/mol. The van der Waals surface area contributed by atoms with Crippen molar-refractivity contribution in [2.75, 3.05) is 24.5 Å². The van der Waals surface area contributed by atoms with Crippen molar-refractivity contribution in [1.82, 2.24) is 5.32 Å². The Morgan fingerprint density at radius 3 is 2.81 bits per heavy atom. The quantitative estimate of drug-likeness (QED) is 0.651. The summed E-state index contributed by atoms with van der Waals surface area (Å²) in [6.07, 6.45) is 5.94. The molecule has 1 unspecified atom stereocenters. The molecule has 26 heavy (non-hydrogen) atoms. The predicted molar refractivity (Wildman–Crippen MR) is 104 cm³/mol. The van der Waals surface area contributed by atoms with Crippen LogP contribution in [0, 0.1) is 0 Å². The molecule has 1 atom stereocenters. The van der Waals surface area contributed by atoms with E-state index in [0.29, 0.717) is 5.76 Å². The lowest BCUT2D eigenvalue weighted by Crippen LogP contribution is -2.43. The van der Waals surface area contributed by atoms with E-state index in [4.69, 9.17) is 9.41 Å². The summed E-state index contributed by atoms with van der Waals surface area (Å²) in [5.74, 6) is 1.40. The maximum Gasteiger partial charge on any atom is 0.198 e. The molecule has 5 nitrogen and oxygen atoms in total. The molecule has 2 N–H and O–H groups in total. The molecule has 2 aliphatic rings. The van der Waals surface area contributed by atoms with Crippen LogP contribution in [0.25, 0.3) is 0 Å². The standard InChI is InChI=1S/C21H27N3O2/c1-2-22-20(23-14-18(25)19-10-7-13-26-19)24-15-21(11-5-6-12-21)16-8-3-4-9-17(16)24/h3-4,7-10,13,18,25H,2,5-6,11-12,14-15H2,1H3,(H,22,23). The second-order valence-electron chi connectivity index (χ2n) is 7.32. The lowest BCUT2D eigenvalue weighted by atomic mass is 9.81. The molecule has 2 aromatic rings. The van der Waals surface area contributed by atoms with Gasteiger partial charge in [-0.2, -0.15) is 0 Å². The summed E-state index contributed by atoms with van der Waals surface area (Å²) in [4.78, 5) is 7.03. The van der Waals surface area contributed by atoms with Crippen LogP contribution in [0.3, 0.4) is 0 Å². The van der Waals surface area contributed by atoms with Gasteiger partial charge in [0, 0.05) is 24.2 Å². The summed E-state index contributed by atoms with van der Waals surface area (Å²) in [6, 6.07) is 12.3. The van der Waals surface area contributed by atoms with Crippen LogP contribution in [0.5, 0.6) is 0 Å². The second-order valence-corrected chi connectivity index (χ2v) is 7.32. The van der Waals surface area contributed by atoms with Crippen molar-refractivity contribution >= 4 is 11.6 Å². The van der Waals surface area contributed by atoms with E-state index in [9.17, 15) is 5.11 Å². The van der Waals surface area contributed by atoms with Crippen molar-refractivity contribution in [2.45, 2.75) is 44.1 Å². The fraction of sp³-hybridized carbons (Fsp3) is 0.476. The average molecular weight is 353 g/mol. The fourth-order valence-electron chi connectivity index (χ4n) is 4.44. The minimum absolute atomic E-state index is 0.256. The Balaban J connectivity index is 1.61. The fourth-order valence-corrected chi connectivity index (χ4v) is 4.44. The highest BCUT2D eigenvalue weighted by Gasteiger charge is 2.45. The van der Waals surface area contributed by atoms with Crippen molar-refractivity contribution in [3.8, 4) is 0 Å². The number of aliphatic imine (C=N–C) groups is 1. The van der Waals surface area contributed by atoms with Crippen LogP contribution < -0.4 is 10.2 Å². The highest BCUT2D eigenvalue weighted by molar-refractivity contribution is 5.98. The number of hydrogen-bond acceptors (Lipinski definition) is 3. The van der Waals surface area contributed by atoms with E-state index < -0.39 is 6.10 Å². The topological polar surface area (TPSA) is 61.0 Å². The van der Waals surface area contributed by atoms with Crippen molar-refractivity contribution < 1.29 is 9.52 Å². The van der Waals surface area contributed by atoms with Crippen LogP contribution in [0.4, 0.5) is 5.69 Å². The minimum atomic E-state index is -0.725. The first-order valence-electron chi connectivity index (χ1n) is 9.60. The Kier molecular flexibility index (Phi) is 4.72. The Morgan fingerprint density at radius 2 is 2.08 bits per heavy atom. The van der Waals surface area contributed by atoms with E-state index in [0.717, 1.165) is 19.0 Å². The molecule has 4 rings (SSSR count). The Hall–Kier alpha value is -2.27. The summed E-state index contributed by atoms with van der Waals surface area (Å²) < 4.78 is 5.29. The molecule has 0 amide bonds. The minimum Gasteiger partial charge on any atom is -0.467 e. The number of aliphatic hydroxyl groups excluding tert-OH is 1. The zero-order chi connectivity index (χ0) is 18.0. The summed E-state index contributed by atoms with van der Waals surface area (Å²) in [5, 5.41) is 13.7. The number of nitrogens with one attached hydrogen (secondary N) is 1. The molecule has 0 saturated heterocycles. The zero-order valence-corrected chi connectivity index (χ0v) is 15.3. The summed E-state index contributed by atoms with van der Waals surface area (Å²) >= 11 is 0. The zero-order valence-electron chi connectivity index (χ0n) is 15.3. The molecule has 1 aromatic carbocycles. The predicted octanol–water partition coefficient (Wildman–Crippen LogP) is 3.61. The van der Waals surface area contributed by atoms with Gasteiger partial charge in [-0.3, -0.25) is 0 Å². The number of rotatable bonds is 4. The van der Waals surface area contributed by atoms with E-state index in [-0.39, 0.29) is 12.0 Å². The van der Waals surface area contributed by atoms with Gasteiger partial charge in [0.15, 0.2) is 5.96 Å². The normalized spacial score (nSPS) is 19.8. The molecule has 0 radical (unpaired) electrons. The summed E-state index contributed by atoms with van der Waals surface area (Å²) in [7, 11) is 0. The van der Waals surface area contributed by atoms with Crippen LogP contribution in [0.2, 0.25) is 0 Å². The highest BCUT2D eigenvalue weighted by Crippen LogP contribution is 2.50. The third-order valence-electron chi connectivity index (χ3n) is 5.66. The number of guanidine groups is 1. The molecule has 1 aromatic heterocycles. The molecule has 0 bridgehead atoms. The Bertz CT molecular complexity index is 763. The maximum absolute atomic E-state index is 10.3. The lowest BCUT2D eigenvalue weighted by molar-refractivity contribution is 0.158. The van der Waals surface area contributed by atoms with E-state index >= 15 is 0 Å². The number of fused-ring (bicyclic) bond motifs is 2. The van der Waals surface area contributed by atoms with E-state index in [1.807, 2.05) is 0 Å². The number of hydrogen-bond donors (Lipinski definition) is 2. The van der Waals surface area contributed by atoms with Gasteiger partial charge in [0.25, 0.3) is 0 Å². The molecule has 2 heterocycles. The Labute approximate surface area is 154 Å². The van der Waals surface area contributed by atoms with E-state index in [2.05, 4.69) is 41.4 Å². The van der Waals surface area contributed by atoms with E-state index in [1.54, 1.807) is 18.4 Å². The number of para-hydroxylation sites is 1. The average Bonchev–Trinajstić information content (AvgIpc) is 3.41. The third kappa shape index (κ3) is 3.01. The maximum atomic E-state index is 10.3. The molecule has 1 spiro atoms. The molecule has 138 valence electrons. The molecule has 1 aliphatic carbocycles. The molecular formula is C21H27N3O2. The lowest BCUT2D eigenvalue weighted by Gasteiger charge is -2.27. The third-order valence-corrected chi connectivity index (χ3v) is 5.66. The largest absolute Gasteiger partial charge is 0.467 e. The molecule has 1 fully saturated rings. The molecule has 1 saturated carbocycles. The number of furan rings is 1. The van der Waals surface area contributed by atoms with Gasteiger partial charge in [0.1, 0.15) is 11.9 Å². The summed E-state index contributed by atoms with van der Waals surface area (Å²) in [5.41, 5.74) is 2.96. The van der Waals surface area contributed by atoms with Gasteiger partial charge in [0.2, 0.25) is 0 Å². The van der Waals surface area contributed by atoms with Crippen molar-refractivity contribution in [3.63, 3.8) is 0 Å². The van der Waals surface area contributed by atoms with Gasteiger partial charge < -0.3 is 19.7 Å². The first-order chi connectivity index (χ1) is 12.7. The van der Waals surface area contributed by atoms with Gasteiger partial charge in [0.05, 0.1) is 12.8 Å². The molecule has 5 heteroatoms. The monoisotopic (exact) mass is 353 g/mol. The van der Waals surface area contributed by atoms with Gasteiger partial charge >= 0.3 is 0 Å². The molecule has 1 aliphatic heterocycles. The van der Waals surface area contributed by atoms with Gasteiger partial charge in [-0.1, -0.05) is 31.0 Å². The van der Waals surface area contributed by atoms with Crippen LogP contribution in [-0.4, -0.2) is 30.7 Å². The van der Waals surface area contributed by atoms with Gasteiger partial charge in [-0.05, 0) is 43.5 Å². The number of benzene rings is 1. The van der Waals surface area contributed by atoms with Crippen LogP contribution in [0.15, 0.2) is 52.1 Å². The highest BCUT2D eigenvalue weighted by atomic mass is 16.4. The smallest absolute Gasteiger partial charge is 0.198 e. The van der Waals surface area contributed by atoms with Gasteiger partial charge in [-0.15, -0.1) is 0 Å². The number of nitrogens with zero attached hydrogens (tertiary/aromatic N) is 2. The van der Waals surface area contributed by atoms with E-state index in [1.165, 1.54) is 36.9 Å². The number of anilines is 1. The van der Waals surface area contributed by atoms with Crippen molar-refractivity contribution in [2.24, 2.45) is 4.99 Å². The van der Waals surface area contributed by atoms with Crippen LogP contribution in [0.1, 0.15) is 50.0 Å². The van der Waals surface area contributed by atoms with Crippen molar-refractivity contribution in [1.29, 1.82) is 0 Å². The Morgan fingerprint density at radius 1 is 1.27 bits per heavy atom. The summed E-state index contributed by atoms with van der Waals surface area (Å²) in [6.45, 7) is 4.11. The first-order valence-corrected chi connectivity index (χ1v) is 9.60. The number of aliphatic hydroxyl groups is 1. The van der Waals surface area contributed by atoms with Gasteiger partial charge in [-0.25, -0.2) is 4.99 Å². The SMILES string of the molecule is CCNC(=NCC(O)c1ccco1)N1CC2(CCCC2)c2ccccc21. The van der Waals surface area contributed by atoms with Crippen molar-refractivity contribution in [3.05, 3.63) is 54.0 Å². The van der Waals surface area contributed by atoms with Crippen LogP contribution in [-0.2, 0) is 5.41 Å². The first kappa shape index (κ1) is 17.2.